The number of nitrogens with one attached hydrogen (secondary N) is 1. The molecule has 1 aromatic carbocycles. The standard InChI is InChI=1S/C23H29N3O7S/c1-23(2)21(29)26(22(30)25(23)3)12-6-8-17(20(27)28)24-34(31,32)14-10-11-16-15-7-4-5-9-18(15)33-19(16)13-14/h10-11,13,17,24H,4-9,12H2,1-3H3,(H,27,28). The number of carbonyl (C=O) groups is 3. The summed E-state index contributed by atoms with van der Waals surface area (Å²) in [6.07, 6.45) is 3.84. The molecule has 2 N–H and O–H groups in total. The molecule has 4 rings (SSSR count). The number of amides is 3. The van der Waals surface area contributed by atoms with Crippen molar-refractivity contribution in [1.29, 1.82) is 0 Å². The third kappa shape index (κ3) is 4.18. The fourth-order valence-electron chi connectivity index (χ4n) is 4.53. The number of imide groups is 1. The number of carboxylic acids is 1. The second-order valence-corrected chi connectivity index (χ2v) is 11.1. The van der Waals surface area contributed by atoms with Crippen LogP contribution in [0.2, 0.25) is 0 Å². The van der Waals surface area contributed by atoms with E-state index in [-0.39, 0.29) is 30.2 Å². The fourth-order valence-corrected chi connectivity index (χ4v) is 5.77. The van der Waals surface area contributed by atoms with Gasteiger partial charge in [0, 0.05) is 37.0 Å². The molecule has 0 bridgehead atoms. The third-order valence-electron chi connectivity index (χ3n) is 6.83. The van der Waals surface area contributed by atoms with Gasteiger partial charge in [-0.15, -0.1) is 0 Å². The van der Waals surface area contributed by atoms with Crippen molar-refractivity contribution >= 4 is 38.9 Å². The number of hydrogen-bond acceptors (Lipinski definition) is 6. The van der Waals surface area contributed by atoms with Crippen LogP contribution in [0.3, 0.4) is 0 Å². The van der Waals surface area contributed by atoms with Crippen LogP contribution in [-0.2, 0) is 32.5 Å². The Kier molecular flexibility index (Phi) is 6.19. The molecule has 0 saturated carbocycles. The van der Waals surface area contributed by atoms with Crippen LogP contribution in [0.4, 0.5) is 4.79 Å². The minimum Gasteiger partial charge on any atom is -0.480 e. The van der Waals surface area contributed by atoms with Crippen LogP contribution >= 0.6 is 0 Å². The molecule has 10 nitrogen and oxygen atoms in total. The molecule has 2 heterocycles. The minimum absolute atomic E-state index is 0.000846. The number of sulfonamides is 1. The molecule has 1 atom stereocenters. The van der Waals surface area contributed by atoms with Gasteiger partial charge in [0.15, 0.2) is 0 Å². The first-order valence-electron chi connectivity index (χ1n) is 11.3. The molecule has 3 amide bonds. The molecule has 34 heavy (non-hydrogen) atoms. The van der Waals surface area contributed by atoms with Gasteiger partial charge in [-0.05, 0) is 58.1 Å². The van der Waals surface area contributed by atoms with Crippen molar-refractivity contribution in [2.45, 2.75) is 68.8 Å². The number of aryl methyl sites for hydroxylation is 2. The summed E-state index contributed by atoms with van der Waals surface area (Å²) >= 11 is 0. The highest BCUT2D eigenvalue weighted by molar-refractivity contribution is 7.89. The molecular formula is C23H29N3O7S. The molecule has 1 unspecified atom stereocenters. The number of urea groups is 1. The molecule has 2 aromatic rings. The van der Waals surface area contributed by atoms with E-state index < -0.39 is 33.6 Å². The third-order valence-corrected chi connectivity index (χ3v) is 8.30. The highest BCUT2D eigenvalue weighted by Crippen LogP contribution is 2.33. The van der Waals surface area contributed by atoms with E-state index in [9.17, 15) is 27.9 Å². The number of benzene rings is 1. The number of nitrogens with zero attached hydrogens (tertiary/aromatic N) is 2. The first-order chi connectivity index (χ1) is 15.9. The van der Waals surface area contributed by atoms with Crippen LogP contribution in [0.25, 0.3) is 11.0 Å². The lowest BCUT2D eigenvalue weighted by Crippen LogP contribution is -2.42. The molecule has 0 spiro atoms. The number of carbonyl (C=O) groups excluding carboxylic acids is 2. The second kappa shape index (κ2) is 8.70. The minimum atomic E-state index is -4.14. The quantitative estimate of drug-likeness (QED) is 0.541. The van der Waals surface area contributed by atoms with Gasteiger partial charge in [0.05, 0.1) is 4.90 Å². The number of rotatable bonds is 8. The van der Waals surface area contributed by atoms with E-state index in [1.807, 2.05) is 0 Å². The van der Waals surface area contributed by atoms with Crippen molar-refractivity contribution in [1.82, 2.24) is 14.5 Å². The second-order valence-electron chi connectivity index (χ2n) is 9.38. The van der Waals surface area contributed by atoms with Crippen molar-refractivity contribution in [3.8, 4) is 0 Å². The van der Waals surface area contributed by atoms with Crippen molar-refractivity contribution < 1.29 is 32.3 Å². The summed E-state index contributed by atoms with van der Waals surface area (Å²) in [7, 11) is -2.61. The van der Waals surface area contributed by atoms with Gasteiger partial charge in [-0.1, -0.05) is 0 Å². The lowest BCUT2D eigenvalue weighted by atomic mass is 9.96. The maximum absolute atomic E-state index is 12.9. The normalized spacial score (nSPS) is 19.0. The number of likely N-dealkylation sites (N-methyl/N-ethyl adjacent to an activating group) is 1. The Balaban J connectivity index is 1.45. The Morgan fingerprint density at radius 3 is 2.59 bits per heavy atom. The monoisotopic (exact) mass is 491 g/mol. The smallest absolute Gasteiger partial charge is 0.327 e. The van der Waals surface area contributed by atoms with Crippen LogP contribution in [0, 0.1) is 0 Å². The number of fused-ring (bicyclic) bond motifs is 3. The van der Waals surface area contributed by atoms with Crippen molar-refractivity contribution in [3.05, 3.63) is 29.5 Å². The van der Waals surface area contributed by atoms with E-state index in [0.717, 1.165) is 47.3 Å². The predicted molar refractivity (Wildman–Crippen MR) is 123 cm³/mol. The number of carboxylic acid groups (broad SMARTS) is 1. The van der Waals surface area contributed by atoms with E-state index in [1.54, 1.807) is 19.9 Å². The van der Waals surface area contributed by atoms with Crippen molar-refractivity contribution in [3.63, 3.8) is 0 Å². The fraction of sp³-hybridized carbons (Fsp3) is 0.522. The summed E-state index contributed by atoms with van der Waals surface area (Å²) in [6, 6.07) is 2.71. The Morgan fingerprint density at radius 1 is 1.24 bits per heavy atom. The lowest BCUT2D eigenvalue weighted by Gasteiger charge is -2.22. The maximum Gasteiger partial charge on any atom is 0.327 e. The largest absolute Gasteiger partial charge is 0.480 e. The predicted octanol–water partition coefficient (Wildman–Crippen LogP) is 2.50. The van der Waals surface area contributed by atoms with Crippen LogP contribution in [-0.4, -0.2) is 66.4 Å². The molecule has 1 aliphatic carbocycles. The van der Waals surface area contributed by atoms with Gasteiger partial charge in [0.1, 0.15) is 22.9 Å². The van der Waals surface area contributed by atoms with Gasteiger partial charge in [-0.3, -0.25) is 14.5 Å². The van der Waals surface area contributed by atoms with Gasteiger partial charge in [-0.2, -0.15) is 4.72 Å². The first-order valence-corrected chi connectivity index (χ1v) is 12.8. The zero-order valence-electron chi connectivity index (χ0n) is 19.5. The molecular weight excluding hydrogens is 462 g/mol. The summed E-state index contributed by atoms with van der Waals surface area (Å²) < 4.78 is 34.0. The van der Waals surface area contributed by atoms with Gasteiger partial charge >= 0.3 is 12.0 Å². The Bertz CT molecular complexity index is 1260. The molecule has 1 fully saturated rings. The Hall–Kier alpha value is -2.92. The highest BCUT2D eigenvalue weighted by Gasteiger charge is 2.48. The van der Waals surface area contributed by atoms with Crippen LogP contribution in [0.5, 0.6) is 0 Å². The lowest BCUT2D eigenvalue weighted by molar-refractivity contribution is -0.139. The van der Waals surface area contributed by atoms with Gasteiger partial charge in [0.25, 0.3) is 5.91 Å². The Labute approximate surface area is 197 Å². The van der Waals surface area contributed by atoms with Crippen molar-refractivity contribution in [2.75, 3.05) is 13.6 Å². The SMILES string of the molecule is CN1C(=O)N(CCCC(NS(=O)(=O)c2ccc3c4c(oc3c2)CCCC4)C(=O)O)C(=O)C1(C)C. The van der Waals surface area contributed by atoms with E-state index in [4.69, 9.17) is 4.42 Å². The molecule has 2 aliphatic rings. The summed E-state index contributed by atoms with van der Waals surface area (Å²) in [5.74, 6) is -0.830. The Morgan fingerprint density at radius 2 is 1.94 bits per heavy atom. The van der Waals surface area contributed by atoms with Gasteiger partial charge < -0.3 is 14.4 Å². The number of furan rings is 1. The zero-order valence-corrected chi connectivity index (χ0v) is 20.3. The first kappa shape index (κ1) is 24.2. The molecule has 0 radical (unpaired) electrons. The molecule has 1 aliphatic heterocycles. The van der Waals surface area contributed by atoms with E-state index in [0.29, 0.717) is 5.58 Å². The summed E-state index contributed by atoms with van der Waals surface area (Å²) in [4.78, 5) is 38.9. The topological polar surface area (TPSA) is 137 Å². The van der Waals surface area contributed by atoms with Crippen LogP contribution in [0.1, 0.15) is 50.9 Å². The molecule has 1 saturated heterocycles. The van der Waals surface area contributed by atoms with Crippen molar-refractivity contribution in [2.24, 2.45) is 0 Å². The van der Waals surface area contributed by atoms with Crippen LogP contribution in [0.15, 0.2) is 27.5 Å². The van der Waals surface area contributed by atoms with E-state index in [2.05, 4.69) is 4.72 Å². The van der Waals surface area contributed by atoms with E-state index in [1.165, 1.54) is 24.1 Å². The van der Waals surface area contributed by atoms with Gasteiger partial charge in [-0.25, -0.2) is 13.2 Å². The van der Waals surface area contributed by atoms with Crippen LogP contribution < -0.4 is 4.72 Å². The number of hydrogen-bond donors (Lipinski definition) is 2. The molecule has 184 valence electrons. The zero-order chi connectivity index (χ0) is 24.8. The number of aliphatic carboxylic acids is 1. The molecule has 1 aromatic heterocycles. The summed E-state index contributed by atoms with van der Waals surface area (Å²) in [6.45, 7) is 3.27. The molecule has 11 heteroatoms. The van der Waals surface area contributed by atoms with E-state index >= 15 is 0 Å². The maximum atomic E-state index is 12.9. The highest BCUT2D eigenvalue weighted by atomic mass is 32.2. The summed E-state index contributed by atoms with van der Waals surface area (Å²) in [5, 5.41) is 10.5. The van der Waals surface area contributed by atoms with Gasteiger partial charge in [0.2, 0.25) is 10.0 Å². The average molecular weight is 492 g/mol. The average Bonchev–Trinajstić information content (AvgIpc) is 3.23. The summed E-state index contributed by atoms with van der Waals surface area (Å²) in [5.41, 5.74) is 0.607.